The van der Waals surface area contributed by atoms with Gasteiger partial charge in [0.25, 0.3) is 0 Å². The van der Waals surface area contributed by atoms with Crippen molar-refractivity contribution in [2.45, 2.75) is 103 Å². The lowest BCUT2D eigenvalue weighted by Gasteiger charge is -2.29. The lowest BCUT2D eigenvalue weighted by molar-refractivity contribution is 0.590. The number of amidine groups is 1. The second kappa shape index (κ2) is 14.4. The summed E-state index contributed by atoms with van der Waals surface area (Å²) in [5.41, 5.74) is 0. The topological polar surface area (TPSA) is 15.6 Å². The van der Waals surface area contributed by atoms with E-state index in [0.717, 1.165) is 0 Å². The highest BCUT2D eigenvalue weighted by Crippen LogP contribution is 2.32. The molecule has 1 atom stereocenters. The van der Waals surface area contributed by atoms with Crippen LogP contribution in [0.1, 0.15) is 97.3 Å². The fourth-order valence-electron chi connectivity index (χ4n) is 3.50. The predicted octanol–water partition coefficient (Wildman–Crippen LogP) is 8.44. The van der Waals surface area contributed by atoms with Crippen molar-refractivity contribution in [2.24, 2.45) is 4.99 Å². The number of aliphatic imine (C=N–C) groups is 1. The van der Waals surface area contributed by atoms with Crippen LogP contribution >= 0.6 is 23.5 Å². The molecule has 2 nitrogen and oxygen atoms in total. The average Bonchev–Trinajstić information content (AvgIpc) is 2.71. The summed E-state index contributed by atoms with van der Waals surface area (Å²) in [5.74, 6) is 1.22. The normalized spacial score (nSPS) is 19.3. The van der Waals surface area contributed by atoms with Crippen LogP contribution in [0.3, 0.4) is 0 Å². The van der Waals surface area contributed by atoms with Crippen LogP contribution in [0.15, 0.2) is 39.3 Å². The summed E-state index contributed by atoms with van der Waals surface area (Å²) in [6.45, 7) is 4.56. The number of nitrogens with zero attached hydrogens (tertiary/aromatic N) is 2. The number of rotatable bonds is 13. The van der Waals surface area contributed by atoms with Crippen molar-refractivity contribution in [1.82, 2.24) is 4.90 Å². The monoisotopic (exact) mass is 406 g/mol. The first kappa shape index (κ1) is 22.7. The lowest BCUT2D eigenvalue weighted by Crippen LogP contribution is -2.32. The van der Waals surface area contributed by atoms with Gasteiger partial charge in [-0.25, -0.2) is 4.99 Å². The van der Waals surface area contributed by atoms with Gasteiger partial charge in [0, 0.05) is 23.5 Å². The Balaban J connectivity index is 1.80. The van der Waals surface area contributed by atoms with Crippen LogP contribution in [0.2, 0.25) is 0 Å². The molecule has 2 heterocycles. The van der Waals surface area contributed by atoms with Gasteiger partial charge in [0.05, 0.1) is 5.25 Å². The summed E-state index contributed by atoms with van der Waals surface area (Å²) in [6, 6.07) is 0. The van der Waals surface area contributed by atoms with Gasteiger partial charge in [0.2, 0.25) is 0 Å². The summed E-state index contributed by atoms with van der Waals surface area (Å²) in [7, 11) is 0. The minimum Gasteiger partial charge on any atom is -0.310 e. The SMILES string of the molecule is CCCCCCCCC1SC=CN=C1N1C=CSC(CCCCCCC)=C1. The highest BCUT2D eigenvalue weighted by Gasteiger charge is 2.22. The molecule has 0 radical (unpaired) electrons. The molecule has 0 aromatic rings. The van der Waals surface area contributed by atoms with E-state index in [-0.39, 0.29) is 0 Å². The Hall–Kier alpha value is -0.610. The molecule has 0 aromatic heterocycles. The highest BCUT2D eigenvalue weighted by molar-refractivity contribution is 8.05. The van der Waals surface area contributed by atoms with Gasteiger partial charge in [0.1, 0.15) is 5.84 Å². The molecule has 0 saturated carbocycles. The van der Waals surface area contributed by atoms with Crippen LogP contribution < -0.4 is 0 Å². The molecule has 0 aliphatic carbocycles. The lowest BCUT2D eigenvalue weighted by atomic mass is 10.1. The Morgan fingerprint density at radius 1 is 0.889 bits per heavy atom. The first-order valence-corrected chi connectivity index (χ1v) is 12.9. The first-order chi connectivity index (χ1) is 13.3. The molecule has 1 unspecified atom stereocenters. The van der Waals surface area contributed by atoms with Crippen molar-refractivity contribution in [3.8, 4) is 0 Å². The van der Waals surface area contributed by atoms with Crippen molar-refractivity contribution >= 4 is 29.4 Å². The van der Waals surface area contributed by atoms with Crippen LogP contribution in [0, 0.1) is 0 Å². The maximum absolute atomic E-state index is 4.75. The minimum absolute atomic E-state index is 0.496. The predicted molar refractivity (Wildman–Crippen MR) is 126 cm³/mol. The average molecular weight is 407 g/mol. The van der Waals surface area contributed by atoms with E-state index in [2.05, 4.69) is 42.0 Å². The zero-order valence-electron chi connectivity index (χ0n) is 17.4. The number of thioether (sulfide) groups is 2. The van der Waals surface area contributed by atoms with Gasteiger partial charge >= 0.3 is 0 Å². The van der Waals surface area contributed by atoms with Gasteiger partial charge in [-0.15, -0.1) is 11.8 Å². The third-order valence-electron chi connectivity index (χ3n) is 5.13. The van der Waals surface area contributed by atoms with E-state index in [9.17, 15) is 0 Å². The largest absolute Gasteiger partial charge is 0.310 e. The molecule has 0 saturated heterocycles. The van der Waals surface area contributed by atoms with E-state index < -0.39 is 0 Å². The fraction of sp³-hybridized carbons (Fsp3) is 0.696. The van der Waals surface area contributed by atoms with Crippen molar-refractivity contribution < 1.29 is 0 Å². The van der Waals surface area contributed by atoms with E-state index in [1.807, 2.05) is 29.7 Å². The zero-order valence-corrected chi connectivity index (χ0v) is 19.0. The summed E-state index contributed by atoms with van der Waals surface area (Å²) < 4.78 is 0. The second-order valence-corrected chi connectivity index (χ2v) is 9.67. The minimum atomic E-state index is 0.496. The number of unbranched alkanes of at least 4 members (excludes halogenated alkanes) is 9. The maximum atomic E-state index is 4.75. The van der Waals surface area contributed by atoms with Gasteiger partial charge in [-0.2, -0.15) is 0 Å². The fourth-order valence-corrected chi connectivity index (χ4v) is 5.23. The van der Waals surface area contributed by atoms with Crippen molar-refractivity contribution in [3.63, 3.8) is 0 Å². The molecule has 0 aromatic carbocycles. The van der Waals surface area contributed by atoms with E-state index in [1.54, 1.807) is 0 Å². The Morgan fingerprint density at radius 2 is 1.59 bits per heavy atom. The molecule has 0 bridgehead atoms. The molecule has 0 fully saturated rings. The summed E-state index contributed by atoms with van der Waals surface area (Å²) in [4.78, 5) is 8.52. The Kier molecular flexibility index (Phi) is 12.1. The molecular weight excluding hydrogens is 368 g/mol. The Bertz CT molecular complexity index is 522. The Labute approximate surface area is 176 Å². The molecule has 27 heavy (non-hydrogen) atoms. The maximum Gasteiger partial charge on any atom is 0.126 e. The molecular formula is C23H38N2S2. The Morgan fingerprint density at radius 3 is 2.37 bits per heavy atom. The number of allylic oxidation sites excluding steroid dienone is 1. The van der Waals surface area contributed by atoms with Gasteiger partial charge in [0.15, 0.2) is 0 Å². The van der Waals surface area contributed by atoms with Crippen molar-refractivity contribution in [3.05, 3.63) is 34.3 Å². The quantitative estimate of drug-likeness (QED) is 0.285. The molecule has 4 heteroatoms. The standard InChI is InChI=1S/C23H38N2S2/c1-3-5-7-9-11-13-15-22-23(24-16-18-27-22)25-17-19-26-21(20-25)14-12-10-8-6-4-2/h16-20,22H,3-15H2,1-2H3. The summed E-state index contributed by atoms with van der Waals surface area (Å²) in [5, 5.41) is 4.89. The summed E-state index contributed by atoms with van der Waals surface area (Å²) in [6.07, 6.45) is 23.8. The van der Waals surface area contributed by atoms with Gasteiger partial charge < -0.3 is 4.90 Å². The zero-order chi connectivity index (χ0) is 19.2. The van der Waals surface area contributed by atoms with E-state index in [4.69, 9.17) is 4.99 Å². The van der Waals surface area contributed by atoms with Gasteiger partial charge in [-0.1, -0.05) is 89.8 Å². The van der Waals surface area contributed by atoms with E-state index >= 15 is 0 Å². The van der Waals surface area contributed by atoms with Crippen LogP contribution in [-0.4, -0.2) is 16.0 Å². The molecule has 152 valence electrons. The van der Waals surface area contributed by atoms with E-state index in [0.29, 0.717) is 5.25 Å². The van der Waals surface area contributed by atoms with Crippen molar-refractivity contribution in [1.29, 1.82) is 0 Å². The number of hydrogen-bond donors (Lipinski definition) is 0. The van der Waals surface area contributed by atoms with Crippen molar-refractivity contribution in [2.75, 3.05) is 0 Å². The summed E-state index contributed by atoms with van der Waals surface area (Å²) >= 11 is 3.82. The number of hydrogen-bond acceptors (Lipinski definition) is 4. The third-order valence-corrected chi connectivity index (χ3v) is 7.06. The highest BCUT2D eigenvalue weighted by atomic mass is 32.2. The molecule has 0 N–H and O–H groups in total. The van der Waals surface area contributed by atoms with Crippen LogP contribution in [0.5, 0.6) is 0 Å². The third kappa shape index (κ3) is 8.95. The van der Waals surface area contributed by atoms with Crippen LogP contribution in [-0.2, 0) is 0 Å². The van der Waals surface area contributed by atoms with Crippen LogP contribution in [0.4, 0.5) is 0 Å². The molecule has 2 rings (SSSR count). The molecule has 0 spiro atoms. The van der Waals surface area contributed by atoms with Crippen LogP contribution in [0.25, 0.3) is 0 Å². The molecule has 2 aliphatic heterocycles. The smallest absolute Gasteiger partial charge is 0.126 e. The molecule has 2 aliphatic rings. The second-order valence-electron chi connectivity index (χ2n) is 7.52. The van der Waals surface area contributed by atoms with Gasteiger partial charge in [-0.3, -0.25) is 0 Å². The first-order valence-electron chi connectivity index (χ1n) is 11.1. The van der Waals surface area contributed by atoms with Gasteiger partial charge in [-0.05, 0) is 30.1 Å². The van der Waals surface area contributed by atoms with E-state index in [1.165, 1.54) is 94.2 Å². The molecule has 0 amide bonds.